The Balaban J connectivity index is 2.44. The number of amides is 1. The number of hydrogen-bond donors (Lipinski definition) is 2. The molecule has 1 amide bonds. The summed E-state index contributed by atoms with van der Waals surface area (Å²) in [6.07, 6.45) is 0.320. The van der Waals surface area contributed by atoms with E-state index in [9.17, 15) is 18.0 Å². The summed E-state index contributed by atoms with van der Waals surface area (Å²) in [7, 11) is -3.70. The maximum Gasteiger partial charge on any atom is 0.309 e. The third kappa shape index (κ3) is 6.29. The van der Waals surface area contributed by atoms with Crippen molar-refractivity contribution >= 4 is 21.9 Å². The number of carbonyl (C=O) groups is 2. The van der Waals surface area contributed by atoms with Crippen LogP contribution in [0, 0.1) is 5.92 Å². The number of hydrogen-bond acceptors (Lipinski definition) is 5. The lowest BCUT2D eigenvalue weighted by Crippen LogP contribution is -2.37. The molecular formula is C16H24N2O5S. The van der Waals surface area contributed by atoms with E-state index in [1.165, 1.54) is 19.1 Å². The summed E-state index contributed by atoms with van der Waals surface area (Å²) in [4.78, 5) is 23.6. The van der Waals surface area contributed by atoms with Crippen molar-refractivity contribution in [3.8, 4) is 0 Å². The van der Waals surface area contributed by atoms with E-state index in [0.717, 1.165) is 5.56 Å². The molecule has 7 nitrogen and oxygen atoms in total. The topological polar surface area (TPSA) is 116 Å². The number of nitrogens with one attached hydrogen (secondary N) is 1. The first kappa shape index (κ1) is 20.1. The van der Waals surface area contributed by atoms with Gasteiger partial charge in [-0.2, -0.15) is 0 Å². The molecule has 0 aliphatic carbocycles. The van der Waals surface area contributed by atoms with Crippen LogP contribution in [0.3, 0.4) is 0 Å². The first-order valence-electron chi connectivity index (χ1n) is 7.75. The van der Waals surface area contributed by atoms with Gasteiger partial charge >= 0.3 is 5.97 Å². The van der Waals surface area contributed by atoms with E-state index in [-0.39, 0.29) is 16.7 Å². The van der Waals surface area contributed by atoms with Crippen molar-refractivity contribution in [2.75, 3.05) is 6.54 Å². The van der Waals surface area contributed by atoms with Crippen LogP contribution in [0.1, 0.15) is 32.8 Å². The summed E-state index contributed by atoms with van der Waals surface area (Å²) in [5, 5.41) is 7.70. The van der Waals surface area contributed by atoms with Crippen molar-refractivity contribution in [3.63, 3.8) is 0 Å². The van der Waals surface area contributed by atoms with Gasteiger partial charge in [-0.25, -0.2) is 13.6 Å². The van der Waals surface area contributed by atoms with E-state index in [2.05, 4.69) is 5.32 Å². The van der Waals surface area contributed by atoms with Gasteiger partial charge < -0.3 is 10.1 Å². The molecule has 0 spiro atoms. The van der Waals surface area contributed by atoms with Gasteiger partial charge in [-0.05, 0) is 37.5 Å². The molecule has 0 saturated carbocycles. The average molecular weight is 356 g/mol. The number of primary sulfonamides is 1. The zero-order valence-corrected chi connectivity index (χ0v) is 14.9. The molecule has 0 aliphatic heterocycles. The maximum atomic E-state index is 11.9. The van der Waals surface area contributed by atoms with Crippen molar-refractivity contribution in [2.24, 2.45) is 11.1 Å². The van der Waals surface area contributed by atoms with Gasteiger partial charge in [-0.1, -0.05) is 26.0 Å². The summed E-state index contributed by atoms with van der Waals surface area (Å²) in [5.74, 6) is -0.996. The monoisotopic (exact) mass is 356 g/mol. The molecule has 1 aromatic rings. The zero-order valence-electron chi connectivity index (χ0n) is 14.1. The van der Waals surface area contributed by atoms with Crippen LogP contribution in [0.25, 0.3) is 0 Å². The predicted octanol–water partition coefficient (Wildman–Crippen LogP) is 0.971. The van der Waals surface area contributed by atoms with Crippen LogP contribution in [0.15, 0.2) is 29.2 Å². The number of esters is 1. The Morgan fingerprint density at radius 2 is 1.79 bits per heavy atom. The number of nitrogens with two attached hydrogens (primary N) is 1. The Bertz CT molecular complexity index is 670. The highest BCUT2D eigenvalue weighted by Gasteiger charge is 2.20. The molecule has 0 radical (unpaired) electrons. The minimum Gasteiger partial charge on any atom is -0.452 e. The highest BCUT2D eigenvalue weighted by molar-refractivity contribution is 7.89. The summed E-state index contributed by atoms with van der Waals surface area (Å²) >= 11 is 0. The van der Waals surface area contributed by atoms with Crippen LogP contribution in [-0.4, -0.2) is 32.9 Å². The first-order chi connectivity index (χ1) is 11.1. The molecule has 0 aromatic heterocycles. The second-order valence-electron chi connectivity index (χ2n) is 5.62. The van der Waals surface area contributed by atoms with E-state index >= 15 is 0 Å². The molecule has 0 saturated heterocycles. The number of sulfonamides is 1. The van der Waals surface area contributed by atoms with Crippen molar-refractivity contribution in [1.29, 1.82) is 0 Å². The maximum absolute atomic E-state index is 11.9. The number of rotatable bonds is 8. The van der Waals surface area contributed by atoms with E-state index in [1.807, 2.05) is 6.92 Å². The molecule has 3 N–H and O–H groups in total. The number of carbonyl (C=O) groups excluding carboxylic acids is 2. The van der Waals surface area contributed by atoms with Crippen molar-refractivity contribution in [1.82, 2.24) is 5.32 Å². The van der Waals surface area contributed by atoms with Gasteiger partial charge in [0.1, 0.15) is 0 Å². The second-order valence-corrected chi connectivity index (χ2v) is 7.18. The Morgan fingerprint density at radius 3 is 2.29 bits per heavy atom. The van der Waals surface area contributed by atoms with E-state index in [0.29, 0.717) is 19.4 Å². The third-order valence-corrected chi connectivity index (χ3v) is 4.57. The molecule has 2 unspecified atom stereocenters. The van der Waals surface area contributed by atoms with Gasteiger partial charge in [0.25, 0.3) is 5.91 Å². The van der Waals surface area contributed by atoms with Gasteiger partial charge in [0.05, 0.1) is 10.8 Å². The van der Waals surface area contributed by atoms with Gasteiger partial charge in [0, 0.05) is 6.54 Å². The molecule has 134 valence electrons. The SMILES string of the molecule is CCC(C)C(=O)OC(C)C(=O)NCCc1ccc(S(N)(=O)=O)cc1. The van der Waals surface area contributed by atoms with Crippen LogP contribution >= 0.6 is 0 Å². The molecular weight excluding hydrogens is 332 g/mol. The molecule has 24 heavy (non-hydrogen) atoms. The minimum atomic E-state index is -3.70. The van der Waals surface area contributed by atoms with E-state index in [4.69, 9.17) is 9.88 Å². The van der Waals surface area contributed by atoms with Gasteiger partial charge in [0.15, 0.2) is 6.10 Å². The Morgan fingerprint density at radius 1 is 1.21 bits per heavy atom. The van der Waals surface area contributed by atoms with Gasteiger partial charge in [-0.15, -0.1) is 0 Å². The average Bonchev–Trinajstić information content (AvgIpc) is 2.53. The molecule has 0 fully saturated rings. The lowest BCUT2D eigenvalue weighted by atomic mass is 10.1. The molecule has 0 aliphatic rings. The number of ether oxygens (including phenoxy) is 1. The zero-order chi connectivity index (χ0) is 18.3. The summed E-state index contributed by atoms with van der Waals surface area (Å²) in [6.45, 7) is 5.49. The quantitative estimate of drug-likeness (QED) is 0.673. The Hall–Kier alpha value is -1.93. The summed E-state index contributed by atoms with van der Waals surface area (Å²) in [6, 6.07) is 6.11. The van der Waals surface area contributed by atoms with E-state index in [1.54, 1.807) is 19.1 Å². The lowest BCUT2D eigenvalue weighted by molar-refractivity contribution is -0.158. The molecule has 0 bridgehead atoms. The number of benzene rings is 1. The third-order valence-electron chi connectivity index (χ3n) is 3.64. The smallest absolute Gasteiger partial charge is 0.309 e. The van der Waals surface area contributed by atoms with Crippen molar-refractivity contribution in [2.45, 2.75) is 44.6 Å². The van der Waals surface area contributed by atoms with Gasteiger partial charge in [0.2, 0.25) is 10.0 Å². The molecule has 0 heterocycles. The second kappa shape index (κ2) is 8.79. The Kier molecular flexibility index (Phi) is 7.37. The lowest BCUT2D eigenvalue weighted by Gasteiger charge is -2.15. The molecule has 8 heteroatoms. The molecule has 2 atom stereocenters. The fraction of sp³-hybridized carbons (Fsp3) is 0.500. The molecule has 1 rings (SSSR count). The van der Waals surface area contributed by atoms with Crippen LogP contribution < -0.4 is 10.5 Å². The summed E-state index contributed by atoms with van der Waals surface area (Å²) < 4.78 is 27.4. The van der Waals surface area contributed by atoms with Crippen LogP contribution in [0.5, 0.6) is 0 Å². The normalized spacial score (nSPS) is 13.8. The summed E-state index contributed by atoms with van der Waals surface area (Å²) in [5.41, 5.74) is 0.854. The van der Waals surface area contributed by atoms with Crippen LogP contribution in [0.4, 0.5) is 0 Å². The fourth-order valence-corrected chi connectivity index (χ4v) is 2.35. The van der Waals surface area contributed by atoms with Crippen LogP contribution in [-0.2, 0) is 30.8 Å². The minimum absolute atomic E-state index is 0.0425. The molecule has 1 aromatic carbocycles. The van der Waals surface area contributed by atoms with Crippen LogP contribution in [0.2, 0.25) is 0 Å². The fourth-order valence-electron chi connectivity index (χ4n) is 1.83. The predicted molar refractivity (Wildman–Crippen MR) is 89.5 cm³/mol. The first-order valence-corrected chi connectivity index (χ1v) is 9.29. The van der Waals surface area contributed by atoms with Crippen molar-refractivity contribution < 1.29 is 22.7 Å². The van der Waals surface area contributed by atoms with Gasteiger partial charge in [-0.3, -0.25) is 9.59 Å². The highest BCUT2D eigenvalue weighted by Crippen LogP contribution is 2.09. The highest BCUT2D eigenvalue weighted by atomic mass is 32.2. The largest absolute Gasteiger partial charge is 0.452 e. The standard InChI is InChI=1S/C16H24N2O5S/c1-4-11(2)16(20)23-12(3)15(19)18-10-9-13-5-7-14(8-6-13)24(17,21)22/h5-8,11-12H,4,9-10H2,1-3H3,(H,18,19)(H2,17,21,22). The van der Waals surface area contributed by atoms with E-state index < -0.39 is 22.1 Å². The van der Waals surface area contributed by atoms with Crippen molar-refractivity contribution in [3.05, 3.63) is 29.8 Å². The Labute approximate surface area is 142 Å².